The Hall–Kier alpha value is -3.68. The normalized spacial score (nSPS) is 14.6. The smallest absolute Gasteiger partial charge is 0.363 e. The minimum Gasteiger partial charge on any atom is -0.493 e. The Balaban J connectivity index is 1.91. The topological polar surface area (TPSA) is 100 Å². The molecule has 0 aromatic heterocycles. The van der Waals surface area contributed by atoms with Gasteiger partial charge < -0.3 is 14.2 Å². The third-order valence-corrected chi connectivity index (χ3v) is 4.42. The summed E-state index contributed by atoms with van der Waals surface area (Å²) in [6, 6.07) is 9.83. The van der Waals surface area contributed by atoms with E-state index in [1.54, 1.807) is 44.4 Å². The van der Waals surface area contributed by atoms with E-state index in [4.69, 9.17) is 14.2 Å². The van der Waals surface area contributed by atoms with Crippen LogP contribution in [0, 0.1) is 23.0 Å². The van der Waals surface area contributed by atoms with Gasteiger partial charge in [0, 0.05) is 17.2 Å². The van der Waals surface area contributed by atoms with E-state index in [0.29, 0.717) is 40.7 Å². The highest BCUT2D eigenvalue weighted by atomic mass is 16.6. The van der Waals surface area contributed by atoms with E-state index in [1.165, 1.54) is 12.1 Å². The molecule has 1 aliphatic rings. The van der Waals surface area contributed by atoms with Crippen molar-refractivity contribution in [2.75, 3.05) is 13.7 Å². The van der Waals surface area contributed by atoms with E-state index in [0.717, 1.165) is 0 Å². The largest absolute Gasteiger partial charge is 0.493 e. The van der Waals surface area contributed by atoms with Gasteiger partial charge in [-0.1, -0.05) is 26.0 Å². The van der Waals surface area contributed by atoms with Gasteiger partial charge in [-0.3, -0.25) is 10.1 Å². The number of ether oxygens (including phenoxy) is 3. The number of hydrogen-bond acceptors (Lipinski definition) is 7. The molecule has 0 fully saturated rings. The Kier molecular flexibility index (Phi) is 6.15. The summed E-state index contributed by atoms with van der Waals surface area (Å²) in [4.78, 5) is 27.2. The molecular weight excluding hydrogens is 388 g/mol. The van der Waals surface area contributed by atoms with Crippen molar-refractivity contribution in [2.45, 2.75) is 20.8 Å². The van der Waals surface area contributed by atoms with Crippen LogP contribution in [-0.4, -0.2) is 30.5 Å². The Morgan fingerprint density at radius 2 is 2.00 bits per heavy atom. The average Bonchev–Trinajstić information content (AvgIpc) is 3.06. The van der Waals surface area contributed by atoms with Crippen molar-refractivity contribution in [1.82, 2.24) is 0 Å². The Morgan fingerprint density at radius 1 is 1.23 bits per heavy atom. The van der Waals surface area contributed by atoms with Crippen LogP contribution in [-0.2, 0) is 9.53 Å². The molecule has 0 saturated carbocycles. The maximum absolute atomic E-state index is 12.3. The van der Waals surface area contributed by atoms with E-state index in [1.807, 2.05) is 0 Å². The first-order chi connectivity index (χ1) is 14.3. The molecular formula is C22H22N2O6. The Labute approximate surface area is 173 Å². The van der Waals surface area contributed by atoms with Crippen molar-refractivity contribution in [3.8, 4) is 11.5 Å². The first-order valence-electron chi connectivity index (χ1n) is 9.38. The molecule has 8 heteroatoms. The van der Waals surface area contributed by atoms with E-state index >= 15 is 0 Å². The zero-order valence-electron chi connectivity index (χ0n) is 17.2. The first kappa shape index (κ1) is 21.0. The van der Waals surface area contributed by atoms with Crippen LogP contribution in [0.1, 0.15) is 30.5 Å². The van der Waals surface area contributed by atoms with Crippen molar-refractivity contribution in [2.24, 2.45) is 10.9 Å². The molecule has 30 heavy (non-hydrogen) atoms. The number of nitro groups is 1. The lowest BCUT2D eigenvalue weighted by molar-refractivity contribution is -0.385. The van der Waals surface area contributed by atoms with Crippen molar-refractivity contribution >= 4 is 23.6 Å². The maximum Gasteiger partial charge on any atom is 0.363 e. The summed E-state index contributed by atoms with van der Waals surface area (Å²) in [5.41, 5.74) is 1.48. The monoisotopic (exact) mass is 410 g/mol. The fourth-order valence-corrected chi connectivity index (χ4v) is 2.88. The average molecular weight is 410 g/mol. The van der Waals surface area contributed by atoms with Gasteiger partial charge in [-0.25, -0.2) is 9.79 Å². The summed E-state index contributed by atoms with van der Waals surface area (Å²) in [6.07, 6.45) is 1.57. The molecule has 0 unspecified atom stereocenters. The summed E-state index contributed by atoms with van der Waals surface area (Å²) in [5, 5.41) is 11.2. The Bertz CT molecular complexity index is 1060. The van der Waals surface area contributed by atoms with Gasteiger partial charge in [0.1, 0.15) is 0 Å². The molecule has 0 spiro atoms. The molecule has 0 amide bonds. The van der Waals surface area contributed by atoms with Crippen LogP contribution in [0.5, 0.6) is 11.5 Å². The number of carbonyl (C=O) groups excluding carboxylic acids is 1. The molecule has 2 aromatic rings. The molecule has 0 radical (unpaired) electrons. The third-order valence-electron chi connectivity index (χ3n) is 4.42. The van der Waals surface area contributed by atoms with Gasteiger partial charge in [0.2, 0.25) is 5.90 Å². The second-order valence-electron chi connectivity index (χ2n) is 7.16. The fraction of sp³-hybridized carbons (Fsp3) is 0.273. The second-order valence-corrected chi connectivity index (χ2v) is 7.16. The van der Waals surface area contributed by atoms with E-state index < -0.39 is 10.9 Å². The number of cyclic esters (lactones) is 1. The van der Waals surface area contributed by atoms with Gasteiger partial charge in [-0.05, 0) is 42.7 Å². The van der Waals surface area contributed by atoms with Crippen LogP contribution in [0.2, 0.25) is 0 Å². The van der Waals surface area contributed by atoms with Crippen LogP contribution >= 0.6 is 0 Å². The van der Waals surface area contributed by atoms with Gasteiger partial charge in [-0.2, -0.15) is 0 Å². The number of carbonyl (C=O) groups is 1. The molecule has 1 heterocycles. The maximum atomic E-state index is 12.3. The molecule has 0 saturated heterocycles. The number of rotatable bonds is 7. The predicted octanol–water partition coefficient (Wildman–Crippen LogP) is 4.29. The predicted molar refractivity (Wildman–Crippen MR) is 112 cm³/mol. The van der Waals surface area contributed by atoms with Crippen molar-refractivity contribution in [1.29, 1.82) is 0 Å². The Morgan fingerprint density at radius 3 is 2.67 bits per heavy atom. The molecule has 0 aliphatic carbocycles. The van der Waals surface area contributed by atoms with Crippen molar-refractivity contribution in [3.63, 3.8) is 0 Å². The number of benzene rings is 2. The zero-order valence-corrected chi connectivity index (χ0v) is 17.2. The molecule has 2 aromatic carbocycles. The molecule has 3 rings (SSSR count). The summed E-state index contributed by atoms with van der Waals surface area (Å²) >= 11 is 0. The number of aliphatic imine (C=N–C) groups is 1. The van der Waals surface area contributed by atoms with E-state index in [-0.39, 0.29) is 17.3 Å². The number of nitrogens with zero attached hydrogens (tertiary/aromatic N) is 2. The lowest BCUT2D eigenvalue weighted by atomic mass is 10.1. The lowest BCUT2D eigenvalue weighted by Gasteiger charge is -2.12. The van der Waals surface area contributed by atoms with E-state index in [2.05, 4.69) is 18.8 Å². The molecule has 156 valence electrons. The van der Waals surface area contributed by atoms with Gasteiger partial charge in [-0.15, -0.1) is 0 Å². The second kappa shape index (κ2) is 8.77. The number of esters is 1. The van der Waals surface area contributed by atoms with Crippen LogP contribution in [0.25, 0.3) is 6.08 Å². The molecule has 0 N–H and O–H groups in total. The fourth-order valence-electron chi connectivity index (χ4n) is 2.88. The van der Waals surface area contributed by atoms with Crippen LogP contribution in [0.15, 0.2) is 47.1 Å². The molecule has 8 nitrogen and oxygen atoms in total. The van der Waals surface area contributed by atoms with Crippen molar-refractivity contribution < 1.29 is 23.9 Å². The van der Waals surface area contributed by atoms with Gasteiger partial charge in [0.15, 0.2) is 17.2 Å². The summed E-state index contributed by atoms with van der Waals surface area (Å²) in [7, 11) is 1.54. The SMILES string of the molecule is COc1cc(/C=C2\N=C(c3cccc([N+](=O)[O-])c3C)OC2=O)ccc1OCC(C)C. The number of hydrogen-bond donors (Lipinski definition) is 0. The standard InChI is InChI=1S/C22H22N2O6/c1-13(2)12-29-19-9-8-15(11-20(19)28-4)10-17-22(25)30-21(23-17)16-6-5-7-18(14(16)3)24(26)27/h5-11,13H,12H2,1-4H3/b17-10-. The summed E-state index contributed by atoms with van der Waals surface area (Å²) < 4.78 is 16.4. The lowest BCUT2D eigenvalue weighted by Crippen LogP contribution is -2.08. The minimum atomic E-state index is -0.630. The minimum absolute atomic E-state index is 0.0382. The highest BCUT2D eigenvalue weighted by Crippen LogP contribution is 2.31. The van der Waals surface area contributed by atoms with Crippen LogP contribution in [0.4, 0.5) is 5.69 Å². The van der Waals surface area contributed by atoms with Gasteiger partial charge in [0.25, 0.3) is 5.69 Å². The summed E-state index contributed by atoms with van der Waals surface area (Å²) in [5.74, 6) is 0.926. The third kappa shape index (κ3) is 4.48. The van der Waals surface area contributed by atoms with Crippen LogP contribution < -0.4 is 9.47 Å². The zero-order chi connectivity index (χ0) is 21.8. The van der Waals surface area contributed by atoms with Crippen LogP contribution in [0.3, 0.4) is 0 Å². The number of methoxy groups -OCH3 is 1. The number of nitro benzene ring substituents is 1. The molecule has 0 bridgehead atoms. The first-order valence-corrected chi connectivity index (χ1v) is 9.38. The van der Waals surface area contributed by atoms with Gasteiger partial charge in [0.05, 0.1) is 18.6 Å². The molecule has 1 aliphatic heterocycles. The highest BCUT2D eigenvalue weighted by molar-refractivity contribution is 6.13. The van der Waals surface area contributed by atoms with Gasteiger partial charge >= 0.3 is 5.97 Å². The quantitative estimate of drug-likeness (QED) is 0.292. The van der Waals surface area contributed by atoms with E-state index in [9.17, 15) is 14.9 Å². The highest BCUT2D eigenvalue weighted by Gasteiger charge is 2.27. The molecule has 0 atom stereocenters. The summed E-state index contributed by atoms with van der Waals surface area (Å²) in [6.45, 7) is 6.25. The van der Waals surface area contributed by atoms with Crippen molar-refractivity contribution in [3.05, 3.63) is 68.9 Å².